The Morgan fingerprint density at radius 2 is 1.77 bits per heavy atom. The largest absolute Gasteiger partial charge is 0.484 e. The first kappa shape index (κ1) is 23.7. The van der Waals surface area contributed by atoms with E-state index in [0.717, 1.165) is 23.1 Å². The van der Waals surface area contributed by atoms with Gasteiger partial charge in [-0.1, -0.05) is 43.6 Å². The highest BCUT2D eigenvalue weighted by molar-refractivity contribution is 6.30. The molecule has 2 aromatic rings. The Balaban J connectivity index is 2.18. The molecule has 0 radical (unpaired) electrons. The molecule has 0 fully saturated rings. The van der Waals surface area contributed by atoms with Crippen molar-refractivity contribution in [3.05, 3.63) is 64.2 Å². The van der Waals surface area contributed by atoms with Crippen LogP contribution in [0.4, 0.5) is 0 Å². The number of benzene rings is 2. The summed E-state index contributed by atoms with van der Waals surface area (Å²) >= 11 is 5.98. The highest BCUT2D eigenvalue weighted by Crippen LogP contribution is 2.18. The molecule has 2 rings (SSSR count). The van der Waals surface area contributed by atoms with Crippen LogP contribution in [0.3, 0.4) is 0 Å². The van der Waals surface area contributed by atoms with Crippen molar-refractivity contribution in [1.82, 2.24) is 10.2 Å². The number of amides is 2. The van der Waals surface area contributed by atoms with E-state index in [4.69, 9.17) is 16.3 Å². The lowest BCUT2D eigenvalue weighted by Gasteiger charge is -2.30. The van der Waals surface area contributed by atoms with Gasteiger partial charge in [-0.05, 0) is 67.6 Å². The fraction of sp³-hybridized carbons (Fsp3) is 0.417. The molecule has 2 amide bonds. The Labute approximate surface area is 184 Å². The van der Waals surface area contributed by atoms with Crippen LogP contribution in [0, 0.1) is 13.8 Å². The molecule has 5 nitrogen and oxygen atoms in total. The minimum absolute atomic E-state index is 0.131. The molecule has 2 aromatic carbocycles. The van der Waals surface area contributed by atoms with Crippen LogP contribution in [-0.4, -0.2) is 35.9 Å². The van der Waals surface area contributed by atoms with Crippen LogP contribution in [0.15, 0.2) is 42.5 Å². The number of halogens is 1. The van der Waals surface area contributed by atoms with Crippen LogP contribution in [0.5, 0.6) is 5.75 Å². The molecule has 162 valence electrons. The first-order valence-electron chi connectivity index (χ1n) is 10.4. The standard InChI is InChI=1S/C24H31ClN2O3/c1-5-13-26-24(29)22(6-2)27(15-19-8-10-20(25)11-9-19)23(28)16-30-21-12-7-17(3)18(4)14-21/h7-12,14,22H,5-6,13,15-16H2,1-4H3,(H,26,29)/t22-/m1/s1. The van der Waals surface area contributed by atoms with Crippen LogP contribution in [0.1, 0.15) is 43.4 Å². The molecule has 0 aromatic heterocycles. The maximum Gasteiger partial charge on any atom is 0.261 e. The van der Waals surface area contributed by atoms with Gasteiger partial charge in [0.2, 0.25) is 5.91 Å². The second kappa shape index (κ2) is 11.6. The van der Waals surface area contributed by atoms with Gasteiger partial charge in [-0.3, -0.25) is 9.59 Å². The van der Waals surface area contributed by atoms with Gasteiger partial charge in [0.25, 0.3) is 5.91 Å². The first-order chi connectivity index (χ1) is 14.3. The van der Waals surface area contributed by atoms with Crippen LogP contribution < -0.4 is 10.1 Å². The zero-order chi connectivity index (χ0) is 22.1. The van der Waals surface area contributed by atoms with E-state index in [0.29, 0.717) is 30.3 Å². The van der Waals surface area contributed by atoms with Gasteiger partial charge in [0.1, 0.15) is 11.8 Å². The van der Waals surface area contributed by atoms with Crippen molar-refractivity contribution in [2.24, 2.45) is 0 Å². The van der Waals surface area contributed by atoms with Crippen molar-refractivity contribution < 1.29 is 14.3 Å². The summed E-state index contributed by atoms with van der Waals surface area (Å²) in [5, 5.41) is 3.53. The Kier molecular flexibility index (Phi) is 9.18. The van der Waals surface area contributed by atoms with E-state index in [9.17, 15) is 9.59 Å². The SMILES string of the molecule is CCCNC(=O)[C@@H](CC)N(Cc1ccc(Cl)cc1)C(=O)COc1ccc(C)c(C)c1. The van der Waals surface area contributed by atoms with E-state index >= 15 is 0 Å². The molecule has 0 aliphatic carbocycles. The van der Waals surface area contributed by atoms with Crippen molar-refractivity contribution in [1.29, 1.82) is 0 Å². The summed E-state index contributed by atoms with van der Waals surface area (Å²) in [7, 11) is 0. The molecule has 30 heavy (non-hydrogen) atoms. The smallest absolute Gasteiger partial charge is 0.261 e. The summed E-state index contributed by atoms with van der Waals surface area (Å²) in [6.45, 7) is 8.69. The van der Waals surface area contributed by atoms with Gasteiger partial charge in [0, 0.05) is 18.1 Å². The van der Waals surface area contributed by atoms with Gasteiger partial charge in [0.15, 0.2) is 6.61 Å². The van der Waals surface area contributed by atoms with Gasteiger partial charge in [-0.2, -0.15) is 0 Å². The Morgan fingerprint density at radius 3 is 2.37 bits per heavy atom. The molecule has 0 aliphatic heterocycles. The summed E-state index contributed by atoms with van der Waals surface area (Å²) in [5.41, 5.74) is 3.17. The van der Waals surface area contributed by atoms with Gasteiger partial charge >= 0.3 is 0 Å². The number of aryl methyl sites for hydroxylation is 2. The lowest BCUT2D eigenvalue weighted by molar-refractivity contribution is -0.143. The third-order valence-electron chi connectivity index (χ3n) is 5.04. The molecular formula is C24H31ClN2O3. The molecule has 0 aliphatic rings. The number of nitrogens with zero attached hydrogens (tertiary/aromatic N) is 1. The molecule has 0 heterocycles. The van der Waals surface area contributed by atoms with Gasteiger partial charge in [-0.15, -0.1) is 0 Å². The molecule has 0 saturated heterocycles. The fourth-order valence-corrected chi connectivity index (χ4v) is 3.23. The van der Waals surface area contributed by atoms with Crippen molar-refractivity contribution in [2.75, 3.05) is 13.2 Å². The van der Waals surface area contributed by atoms with Crippen molar-refractivity contribution in [3.63, 3.8) is 0 Å². The predicted octanol–water partition coefficient (Wildman–Crippen LogP) is 4.67. The summed E-state index contributed by atoms with van der Waals surface area (Å²) in [5.74, 6) is 0.260. The average molecular weight is 431 g/mol. The lowest BCUT2D eigenvalue weighted by atomic mass is 10.1. The number of ether oxygens (including phenoxy) is 1. The van der Waals surface area contributed by atoms with Gasteiger partial charge in [0.05, 0.1) is 0 Å². The van der Waals surface area contributed by atoms with Crippen LogP contribution >= 0.6 is 11.6 Å². The van der Waals surface area contributed by atoms with E-state index in [2.05, 4.69) is 5.32 Å². The monoisotopic (exact) mass is 430 g/mol. The van der Waals surface area contributed by atoms with Crippen LogP contribution in [0.2, 0.25) is 5.02 Å². The molecule has 0 bridgehead atoms. The number of carbonyl (C=O) groups is 2. The van der Waals surface area contributed by atoms with E-state index in [1.165, 1.54) is 0 Å². The van der Waals surface area contributed by atoms with Crippen molar-refractivity contribution in [2.45, 2.75) is 53.1 Å². The molecule has 1 atom stereocenters. The van der Waals surface area contributed by atoms with E-state index < -0.39 is 6.04 Å². The molecular weight excluding hydrogens is 400 g/mol. The average Bonchev–Trinajstić information content (AvgIpc) is 2.74. The predicted molar refractivity (Wildman–Crippen MR) is 121 cm³/mol. The van der Waals surface area contributed by atoms with Crippen molar-refractivity contribution >= 4 is 23.4 Å². The molecule has 0 unspecified atom stereocenters. The minimum atomic E-state index is -0.567. The fourth-order valence-electron chi connectivity index (χ4n) is 3.10. The third kappa shape index (κ3) is 6.77. The molecule has 0 saturated carbocycles. The zero-order valence-electron chi connectivity index (χ0n) is 18.2. The molecule has 0 spiro atoms. The van der Waals surface area contributed by atoms with E-state index in [-0.39, 0.29) is 18.4 Å². The summed E-state index contributed by atoms with van der Waals surface area (Å²) in [6.07, 6.45) is 1.35. The second-order valence-corrected chi connectivity index (χ2v) is 7.83. The van der Waals surface area contributed by atoms with E-state index in [1.54, 1.807) is 17.0 Å². The van der Waals surface area contributed by atoms with Crippen LogP contribution in [0.25, 0.3) is 0 Å². The molecule has 6 heteroatoms. The maximum absolute atomic E-state index is 13.1. The van der Waals surface area contributed by atoms with Crippen molar-refractivity contribution in [3.8, 4) is 5.75 Å². The highest BCUT2D eigenvalue weighted by atomic mass is 35.5. The van der Waals surface area contributed by atoms with Gasteiger partial charge < -0.3 is 15.0 Å². The Morgan fingerprint density at radius 1 is 1.07 bits per heavy atom. The normalized spacial score (nSPS) is 11.6. The second-order valence-electron chi connectivity index (χ2n) is 7.40. The number of rotatable bonds is 10. The maximum atomic E-state index is 13.1. The topological polar surface area (TPSA) is 58.6 Å². The Bertz CT molecular complexity index is 852. The Hall–Kier alpha value is -2.53. The number of nitrogens with one attached hydrogen (secondary N) is 1. The number of carbonyl (C=O) groups excluding carboxylic acids is 2. The van der Waals surface area contributed by atoms with E-state index in [1.807, 2.05) is 58.0 Å². The highest BCUT2D eigenvalue weighted by Gasteiger charge is 2.28. The first-order valence-corrected chi connectivity index (χ1v) is 10.7. The summed E-state index contributed by atoms with van der Waals surface area (Å²) < 4.78 is 5.75. The van der Waals surface area contributed by atoms with Gasteiger partial charge in [-0.25, -0.2) is 0 Å². The molecule has 1 N–H and O–H groups in total. The lowest BCUT2D eigenvalue weighted by Crippen LogP contribution is -2.50. The summed E-state index contributed by atoms with van der Waals surface area (Å²) in [6, 6.07) is 12.5. The quantitative estimate of drug-likeness (QED) is 0.595. The third-order valence-corrected chi connectivity index (χ3v) is 5.29. The summed E-state index contributed by atoms with van der Waals surface area (Å²) in [4.78, 5) is 27.4. The number of hydrogen-bond acceptors (Lipinski definition) is 3. The van der Waals surface area contributed by atoms with Crippen LogP contribution in [-0.2, 0) is 16.1 Å². The minimum Gasteiger partial charge on any atom is -0.484 e. The zero-order valence-corrected chi connectivity index (χ0v) is 19.0. The number of hydrogen-bond donors (Lipinski definition) is 1.